The van der Waals surface area contributed by atoms with Crippen LogP contribution < -0.4 is 11.1 Å². The predicted octanol–water partition coefficient (Wildman–Crippen LogP) is 5.36. The number of hydrogen-bond acceptors (Lipinski definition) is 5. The van der Waals surface area contributed by atoms with Gasteiger partial charge in [0.05, 0.1) is 23.0 Å². The SMILES string of the molecule is C[C@@H]1C[C@H](N)C[C@H](c2ccncc2NC(=O)c2ccc(F)c(-c3c(F)cc(CC(C)(C)O)cc3F)n2)C1. The molecule has 1 aliphatic carbocycles. The molecular formula is C28H31F3N4O2. The first-order valence-corrected chi connectivity index (χ1v) is 12.3. The second-order valence-corrected chi connectivity index (χ2v) is 10.6. The zero-order chi connectivity index (χ0) is 26.9. The molecule has 1 amide bonds. The Kier molecular flexibility index (Phi) is 7.66. The van der Waals surface area contributed by atoms with Crippen molar-refractivity contribution in [2.24, 2.45) is 11.7 Å². The normalized spacial score (nSPS) is 20.1. The zero-order valence-electron chi connectivity index (χ0n) is 21.1. The number of aromatic nitrogens is 2. The Morgan fingerprint density at radius 2 is 1.81 bits per heavy atom. The third-order valence-corrected chi connectivity index (χ3v) is 6.58. The molecule has 1 fully saturated rings. The molecule has 196 valence electrons. The fourth-order valence-corrected chi connectivity index (χ4v) is 5.16. The average Bonchev–Trinajstić information content (AvgIpc) is 2.78. The number of halogens is 3. The Labute approximate surface area is 214 Å². The first-order valence-electron chi connectivity index (χ1n) is 12.3. The highest BCUT2D eigenvalue weighted by molar-refractivity contribution is 6.03. The highest BCUT2D eigenvalue weighted by Crippen LogP contribution is 2.38. The summed E-state index contributed by atoms with van der Waals surface area (Å²) in [5.41, 5.74) is 5.12. The van der Waals surface area contributed by atoms with Crippen molar-refractivity contribution in [3.63, 3.8) is 0 Å². The van der Waals surface area contributed by atoms with Gasteiger partial charge in [-0.1, -0.05) is 6.92 Å². The van der Waals surface area contributed by atoms with E-state index in [1.54, 1.807) is 6.20 Å². The van der Waals surface area contributed by atoms with E-state index in [1.165, 1.54) is 20.0 Å². The first-order chi connectivity index (χ1) is 17.4. The van der Waals surface area contributed by atoms with Gasteiger partial charge in [0.1, 0.15) is 28.8 Å². The highest BCUT2D eigenvalue weighted by Gasteiger charge is 2.28. The minimum atomic E-state index is -1.19. The maximum absolute atomic E-state index is 14.9. The van der Waals surface area contributed by atoms with E-state index in [1.807, 2.05) is 6.07 Å². The number of hydrogen-bond donors (Lipinski definition) is 3. The monoisotopic (exact) mass is 512 g/mol. The van der Waals surface area contributed by atoms with Crippen molar-refractivity contribution in [3.05, 3.63) is 77.0 Å². The Bertz CT molecular complexity index is 1280. The zero-order valence-corrected chi connectivity index (χ0v) is 21.1. The lowest BCUT2D eigenvalue weighted by molar-refractivity contribution is 0.0808. The van der Waals surface area contributed by atoms with Crippen molar-refractivity contribution in [1.29, 1.82) is 0 Å². The lowest BCUT2D eigenvalue weighted by Gasteiger charge is -2.32. The molecule has 37 heavy (non-hydrogen) atoms. The van der Waals surface area contributed by atoms with Crippen LogP contribution >= 0.6 is 0 Å². The summed E-state index contributed by atoms with van der Waals surface area (Å²) in [6.07, 6.45) is 5.81. The third-order valence-electron chi connectivity index (χ3n) is 6.58. The van der Waals surface area contributed by atoms with Crippen molar-refractivity contribution in [2.75, 3.05) is 5.32 Å². The number of nitrogens with one attached hydrogen (secondary N) is 1. The van der Waals surface area contributed by atoms with Crippen LogP contribution in [0.25, 0.3) is 11.3 Å². The number of pyridine rings is 2. The van der Waals surface area contributed by atoms with Gasteiger partial charge in [0.2, 0.25) is 0 Å². The standard InChI is InChI=1S/C28H31F3N4O2/c1-15-8-17(12-18(32)9-15)19-6-7-33-14-24(19)35-27(36)23-5-4-20(29)26(34-23)25-21(30)10-16(11-22(25)31)13-28(2,3)37/h4-7,10-11,14-15,17-18,37H,8-9,12-13,32H2,1-3H3,(H,35,36)/t15-,17+,18-/m0/s1. The van der Waals surface area contributed by atoms with Crippen molar-refractivity contribution in [3.8, 4) is 11.3 Å². The largest absolute Gasteiger partial charge is 0.390 e. The molecular weight excluding hydrogens is 481 g/mol. The molecule has 2 heterocycles. The van der Waals surface area contributed by atoms with Gasteiger partial charge in [0.25, 0.3) is 5.91 Å². The van der Waals surface area contributed by atoms with Crippen LogP contribution in [0.15, 0.2) is 42.7 Å². The minimum absolute atomic E-state index is 0.00239. The van der Waals surface area contributed by atoms with E-state index in [0.717, 1.165) is 49.1 Å². The molecule has 0 unspecified atom stereocenters. The summed E-state index contributed by atoms with van der Waals surface area (Å²) in [6.45, 7) is 5.17. The number of nitrogens with zero attached hydrogens (tertiary/aromatic N) is 2. The number of anilines is 1. The van der Waals surface area contributed by atoms with Gasteiger partial charge >= 0.3 is 0 Å². The van der Waals surface area contributed by atoms with Crippen molar-refractivity contribution >= 4 is 11.6 Å². The average molecular weight is 513 g/mol. The smallest absolute Gasteiger partial charge is 0.274 e. The summed E-state index contributed by atoms with van der Waals surface area (Å²) in [6, 6.07) is 6.07. The number of benzene rings is 1. The first kappa shape index (κ1) is 26.8. The van der Waals surface area contributed by atoms with Gasteiger partial charge in [-0.2, -0.15) is 0 Å². The van der Waals surface area contributed by atoms with E-state index in [-0.39, 0.29) is 29.6 Å². The van der Waals surface area contributed by atoms with Gasteiger partial charge < -0.3 is 16.2 Å². The molecule has 4 N–H and O–H groups in total. The Morgan fingerprint density at radius 3 is 2.46 bits per heavy atom. The lowest BCUT2D eigenvalue weighted by Crippen LogP contribution is -2.31. The van der Waals surface area contributed by atoms with Gasteiger partial charge in [-0.15, -0.1) is 0 Å². The molecule has 6 nitrogen and oxygen atoms in total. The Hall–Kier alpha value is -3.30. The molecule has 1 saturated carbocycles. The molecule has 3 aromatic rings. The fraction of sp³-hybridized carbons (Fsp3) is 0.393. The van der Waals surface area contributed by atoms with E-state index in [2.05, 4.69) is 22.2 Å². The molecule has 0 spiro atoms. The van der Waals surface area contributed by atoms with Crippen LogP contribution in [0.3, 0.4) is 0 Å². The molecule has 0 saturated heterocycles. The summed E-state index contributed by atoms with van der Waals surface area (Å²) in [7, 11) is 0. The summed E-state index contributed by atoms with van der Waals surface area (Å²) >= 11 is 0. The van der Waals surface area contributed by atoms with Crippen molar-refractivity contribution in [2.45, 2.75) is 64.0 Å². The maximum Gasteiger partial charge on any atom is 0.274 e. The number of carbonyl (C=O) groups is 1. The number of amides is 1. The fourth-order valence-electron chi connectivity index (χ4n) is 5.16. The van der Waals surface area contributed by atoms with Crippen LogP contribution in [0.4, 0.5) is 18.9 Å². The third kappa shape index (κ3) is 6.34. The second-order valence-electron chi connectivity index (χ2n) is 10.6. The molecule has 1 aliphatic rings. The maximum atomic E-state index is 14.9. The minimum Gasteiger partial charge on any atom is -0.390 e. The quantitative estimate of drug-likeness (QED) is 0.413. The molecule has 0 radical (unpaired) electrons. The second kappa shape index (κ2) is 10.6. The van der Waals surface area contributed by atoms with Gasteiger partial charge in [0.15, 0.2) is 0 Å². The van der Waals surface area contributed by atoms with Gasteiger partial charge in [-0.3, -0.25) is 9.78 Å². The summed E-state index contributed by atoms with van der Waals surface area (Å²) < 4.78 is 44.5. The Balaban J connectivity index is 1.63. The van der Waals surface area contributed by atoms with E-state index in [4.69, 9.17) is 5.73 Å². The molecule has 9 heteroatoms. The summed E-state index contributed by atoms with van der Waals surface area (Å²) in [4.78, 5) is 21.2. The van der Waals surface area contributed by atoms with Crippen LogP contribution in [0.1, 0.15) is 67.6 Å². The number of nitrogens with two attached hydrogens (primary N) is 1. The van der Waals surface area contributed by atoms with Crippen molar-refractivity contribution in [1.82, 2.24) is 9.97 Å². The molecule has 0 aliphatic heterocycles. The highest BCUT2D eigenvalue weighted by atomic mass is 19.1. The van der Waals surface area contributed by atoms with E-state index in [0.29, 0.717) is 11.6 Å². The summed E-state index contributed by atoms with van der Waals surface area (Å²) in [5, 5.41) is 12.7. The number of rotatable bonds is 6. The number of carbonyl (C=O) groups excluding carboxylic acids is 1. The van der Waals surface area contributed by atoms with Crippen molar-refractivity contribution < 1.29 is 23.1 Å². The van der Waals surface area contributed by atoms with Crippen LogP contribution in [-0.4, -0.2) is 32.6 Å². The molecule has 4 rings (SSSR count). The van der Waals surface area contributed by atoms with Crippen LogP contribution in [0.2, 0.25) is 0 Å². The van der Waals surface area contributed by atoms with Gasteiger partial charge in [-0.25, -0.2) is 18.2 Å². The molecule has 1 aromatic carbocycles. The molecule has 2 aromatic heterocycles. The topological polar surface area (TPSA) is 101 Å². The van der Waals surface area contributed by atoms with Gasteiger partial charge in [0, 0.05) is 18.7 Å². The van der Waals surface area contributed by atoms with Crippen LogP contribution in [0, 0.1) is 23.4 Å². The molecule has 3 atom stereocenters. The Morgan fingerprint density at radius 1 is 1.11 bits per heavy atom. The summed E-state index contributed by atoms with van der Waals surface area (Å²) in [5.74, 6) is -3.15. The van der Waals surface area contributed by atoms with E-state index in [9.17, 15) is 23.1 Å². The predicted molar refractivity (Wildman–Crippen MR) is 135 cm³/mol. The number of aliphatic hydroxyl groups is 1. The lowest BCUT2D eigenvalue weighted by atomic mass is 9.76. The van der Waals surface area contributed by atoms with E-state index < -0.39 is 40.2 Å². The van der Waals surface area contributed by atoms with Crippen LogP contribution in [0.5, 0.6) is 0 Å². The van der Waals surface area contributed by atoms with E-state index >= 15 is 0 Å². The van der Waals surface area contributed by atoms with Crippen LogP contribution in [-0.2, 0) is 6.42 Å². The molecule has 0 bridgehead atoms. The van der Waals surface area contributed by atoms with Gasteiger partial charge in [-0.05, 0) is 86.4 Å².